The molecule has 0 bridgehead atoms. The lowest BCUT2D eigenvalue weighted by Crippen LogP contribution is -1.71. The number of allylic oxidation sites excluding steroid dienone is 5. The Hall–Kier alpha value is -0.780. The smallest absolute Gasteiger partial charge is 0.0316 e. The fourth-order valence-electron chi connectivity index (χ4n) is 0.835. The van der Waals surface area contributed by atoms with E-state index in [2.05, 4.69) is 25.7 Å². The Morgan fingerprint density at radius 2 is 1.64 bits per heavy atom. The summed E-state index contributed by atoms with van der Waals surface area (Å²) in [4.78, 5) is 0. The van der Waals surface area contributed by atoms with E-state index in [1.165, 1.54) is 12.8 Å². The lowest BCUT2D eigenvalue weighted by atomic mass is 10.2. The van der Waals surface area contributed by atoms with Gasteiger partial charge in [-0.05, 0) is 32.6 Å². The normalized spacial score (nSPS) is 11.4. The SMILES string of the molecule is [CH2]C=CCCCCC=CC=C. The second-order valence-electron chi connectivity index (χ2n) is 2.42. The van der Waals surface area contributed by atoms with Crippen molar-refractivity contribution in [3.05, 3.63) is 43.9 Å². The summed E-state index contributed by atoms with van der Waals surface area (Å²) in [5.74, 6) is 0. The topological polar surface area (TPSA) is 0 Å². The second kappa shape index (κ2) is 9.22. The number of hydrogen-bond donors (Lipinski definition) is 0. The summed E-state index contributed by atoms with van der Waals surface area (Å²) in [5, 5.41) is 0. The molecule has 0 amide bonds. The van der Waals surface area contributed by atoms with Crippen LogP contribution in [0.5, 0.6) is 0 Å². The van der Waals surface area contributed by atoms with E-state index >= 15 is 0 Å². The van der Waals surface area contributed by atoms with Crippen LogP contribution in [0.3, 0.4) is 0 Å². The van der Waals surface area contributed by atoms with E-state index in [0.29, 0.717) is 0 Å². The predicted octanol–water partition coefficient (Wildman–Crippen LogP) is 3.68. The van der Waals surface area contributed by atoms with Crippen molar-refractivity contribution in [1.82, 2.24) is 0 Å². The minimum atomic E-state index is 1.16. The molecule has 0 N–H and O–H groups in total. The maximum absolute atomic E-state index is 3.63. The molecule has 0 saturated carbocycles. The Bertz CT molecular complexity index is 129. The van der Waals surface area contributed by atoms with Crippen molar-refractivity contribution in [2.45, 2.75) is 25.7 Å². The highest BCUT2D eigenvalue weighted by molar-refractivity contribution is 4.96. The van der Waals surface area contributed by atoms with Crippen molar-refractivity contribution < 1.29 is 0 Å². The Labute approximate surface area is 70.3 Å². The van der Waals surface area contributed by atoms with Crippen LogP contribution in [0.1, 0.15) is 25.7 Å². The summed E-state index contributed by atoms with van der Waals surface area (Å²) in [6.45, 7) is 7.23. The molecule has 0 heterocycles. The first-order chi connectivity index (χ1) is 5.41. The van der Waals surface area contributed by atoms with Gasteiger partial charge in [-0.1, -0.05) is 37.0 Å². The Morgan fingerprint density at radius 3 is 2.18 bits per heavy atom. The van der Waals surface area contributed by atoms with Crippen molar-refractivity contribution in [3.63, 3.8) is 0 Å². The molecule has 11 heavy (non-hydrogen) atoms. The van der Waals surface area contributed by atoms with Crippen molar-refractivity contribution in [2.24, 2.45) is 0 Å². The van der Waals surface area contributed by atoms with Crippen LogP contribution in [0.25, 0.3) is 0 Å². The summed E-state index contributed by atoms with van der Waals surface area (Å²) in [7, 11) is 0. The highest BCUT2D eigenvalue weighted by atomic mass is 13.9. The van der Waals surface area contributed by atoms with Gasteiger partial charge in [0.15, 0.2) is 0 Å². The molecule has 0 aromatic rings. The largest absolute Gasteiger partial charge is 0.0991 e. The first-order valence-corrected chi connectivity index (χ1v) is 4.13. The summed E-state index contributed by atoms with van der Waals surface area (Å²) in [5.41, 5.74) is 0. The van der Waals surface area contributed by atoms with Crippen LogP contribution in [0.15, 0.2) is 37.0 Å². The molecule has 0 aromatic heterocycles. The average Bonchev–Trinajstić information content (AvgIpc) is 2.03. The molecule has 0 aromatic carbocycles. The summed E-state index contributed by atoms with van der Waals surface area (Å²) >= 11 is 0. The molecule has 0 nitrogen and oxygen atoms in total. The third-order valence-corrected chi connectivity index (χ3v) is 1.43. The van der Waals surface area contributed by atoms with Crippen molar-refractivity contribution in [3.8, 4) is 0 Å². The van der Waals surface area contributed by atoms with Gasteiger partial charge in [-0.25, -0.2) is 0 Å². The highest BCUT2D eigenvalue weighted by Crippen LogP contribution is 2.01. The zero-order chi connectivity index (χ0) is 8.36. The molecule has 1 radical (unpaired) electrons. The van der Waals surface area contributed by atoms with Crippen LogP contribution in [0, 0.1) is 6.92 Å². The summed E-state index contributed by atoms with van der Waals surface area (Å²) in [6, 6.07) is 0. The van der Waals surface area contributed by atoms with Crippen molar-refractivity contribution >= 4 is 0 Å². The molecule has 0 aliphatic rings. The van der Waals surface area contributed by atoms with Gasteiger partial charge < -0.3 is 0 Å². The molecule has 0 aliphatic carbocycles. The van der Waals surface area contributed by atoms with Crippen molar-refractivity contribution in [1.29, 1.82) is 0 Å². The minimum Gasteiger partial charge on any atom is -0.0991 e. The van der Waals surface area contributed by atoms with Crippen LogP contribution in [0.4, 0.5) is 0 Å². The van der Waals surface area contributed by atoms with Crippen LogP contribution in [-0.2, 0) is 0 Å². The zero-order valence-electron chi connectivity index (χ0n) is 7.13. The maximum Gasteiger partial charge on any atom is -0.0316 e. The highest BCUT2D eigenvalue weighted by Gasteiger charge is 1.81. The van der Waals surface area contributed by atoms with Crippen molar-refractivity contribution in [2.75, 3.05) is 0 Å². The summed E-state index contributed by atoms with van der Waals surface area (Å²) < 4.78 is 0. The van der Waals surface area contributed by atoms with Crippen LogP contribution in [0.2, 0.25) is 0 Å². The first kappa shape index (κ1) is 10.2. The minimum absolute atomic E-state index is 1.16. The molecule has 0 saturated heterocycles. The molecule has 0 unspecified atom stereocenters. The van der Waals surface area contributed by atoms with Gasteiger partial charge in [-0.15, -0.1) is 0 Å². The van der Waals surface area contributed by atoms with E-state index < -0.39 is 0 Å². The lowest BCUT2D eigenvalue weighted by molar-refractivity contribution is 0.762. The molecule has 0 fully saturated rings. The Kier molecular flexibility index (Phi) is 8.57. The molecule has 0 spiro atoms. The molecule has 0 atom stereocenters. The average molecular weight is 149 g/mol. The van der Waals surface area contributed by atoms with Gasteiger partial charge in [0.1, 0.15) is 0 Å². The molecule has 0 heteroatoms. The van der Waals surface area contributed by atoms with Gasteiger partial charge in [0.05, 0.1) is 0 Å². The van der Waals surface area contributed by atoms with E-state index in [1.54, 1.807) is 0 Å². The van der Waals surface area contributed by atoms with E-state index in [1.807, 2.05) is 18.2 Å². The number of rotatable bonds is 6. The van der Waals surface area contributed by atoms with E-state index in [0.717, 1.165) is 12.8 Å². The fourth-order valence-corrected chi connectivity index (χ4v) is 0.835. The third-order valence-electron chi connectivity index (χ3n) is 1.43. The fraction of sp³-hybridized carbons (Fsp3) is 0.364. The number of unbranched alkanes of at least 4 members (excludes halogenated alkanes) is 3. The monoisotopic (exact) mass is 149 g/mol. The lowest BCUT2D eigenvalue weighted by Gasteiger charge is -1.91. The predicted molar refractivity (Wildman–Crippen MR) is 52.3 cm³/mol. The zero-order valence-corrected chi connectivity index (χ0v) is 7.13. The van der Waals surface area contributed by atoms with Gasteiger partial charge in [0.2, 0.25) is 0 Å². The molecular formula is C11H17. The molecule has 61 valence electrons. The number of hydrogen-bond acceptors (Lipinski definition) is 0. The van der Waals surface area contributed by atoms with Gasteiger partial charge >= 0.3 is 0 Å². The van der Waals surface area contributed by atoms with E-state index in [9.17, 15) is 0 Å². The second-order valence-corrected chi connectivity index (χ2v) is 2.42. The van der Waals surface area contributed by atoms with Crippen LogP contribution in [-0.4, -0.2) is 0 Å². The van der Waals surface area contributed by atoms with Gasteiger partial charge in [-0.3, -0.25) is 0 Å². The first-order valence-electron chi connectivity index (χ1n) is 4.13. The molecular weight excluding hydrogens is 132 g/mol. The Morgan fingerprint density at radius 1 is 1.00 bits per heavy atom. The quantitative estimate of drug-likeness (QED) is 0.399. The molecule has 0 aliphatic heterocycles. The van der Waals surface area contributed by atoms with Crippen LogP contribution >= 0.6 is 0 Å². The van der Waals surface area contributed by atoms with E-state index in [-0.39, 0.29) is 0 Å². The Balaban J connectivity index is 3.02. The van der Waals surface area contributed by atoms with Gasteiger partial charge in [0.25, 0.3) is 0 Å². The maximum atomic E-state index is 3.63. The van der Waals surface area contributed by atoms with Crippen LogP contribution < -0.4 is 0 Å². The van der Waals surface area contributed by atoms with E-state index in [4.69, 9.17) is 0 Å². The standard InChI is InChI=1S/C11H17/c1-3-5-7-9-11-10-8-6-4-2/h3-7H,1-2,8-11H2. The molecule has 0 rings (SSSR count). The third kappa shape index (κ3) is 9.22. The van der Waals surface area contributed by atoms with Gasteiger partial charge in [0, 0.05) is 0 Å². The van der Waals surface area contributed by atoms with Gasteiger partial charge in [-0.2, -0.15) is 0 Å². The summed E-state index contributed by atoms with van der Waals surface area (Å²) in [6.07, 6.45) is 14.8.